The molecule has 2 rings (SSSR count). The van der Waals surface area contributed by atoms with Gasteiger partial charge in [0.05, 0.1) is 0 Å². The molecule has 2 N–H and O–H groups in total. The average Bonchev–Trinajstić information content (AvgIpc) is 2.15. The molecule has 4 heteroatoms. The van der Waals surface area contributed by atoms with Crippen LogP contribution in [-0.4, -0.2) is 16.1 Å². The molecule has 1 aromatic heterocycles. The maximum Gasteiger partial charge on any atom is 0.223 e. The first-order chi connectivity index (χ1) is 7.63. The Labute approximate surface area is 96.2 Å². The van der Waals surface area contributed by atoms with E-state index in [0.29, 0.717) is 5.88 Å². The number of hydrogen-bond donors (Lipinski definition) is 1. The number of nitrogens with zero attached hydrogens (tertiary/aromatic N) is 2. The van der Waals surface area contributed by atoms with Gasteiger partial charge in [-0.25, -0.2) is 4.98 Å². The Kier molecular flexibility index (Phi) is 3.27. The molecule has 1 saturated carbocycles. The molecular formula is C12H19N3O. The largest absolute Gasteiger partial charge is 0.474 e. The highest BCUT2D eigenvalue weighted by Crippen LogP contribution is 2.30. The van der Waals surface area contributed by atoms with Crippen LogP contribution in [-0.2, 0) is 0 Å². The minimum atomic E-state index is 0.271. The van der Waals surface area contributed by atoms with Crippen LogP contribution < -0.4 is 10.5 Å². The highest BCUT2D eigenvalue weighted by atomic mass is 16.5. The van der Waals surface area contributed by atoms with Gasteiger partial charge >= 0.3 is 0 Å². The standard InChI is InChI=1S/C12H19N3O/c1-8-5-9(2)7-10(6-8)16-11-3-4-14-12(13)15-11/h3-4,8-10H,5-7H2,1-2H3,(H2,13,14,15). The van der Waals surface area contributed by atoms with Crippen LogP contribution in [0.1, 0.15) is 33.1 Å². The van der Waals surface area contributed by atoms with Crippen molar-refractivity contribution >= 4 is 5.95 Å². The Morgan fingerprint density at radius 2 is 1.94 bits per heavy atom. The quantitative estimate of drug-likeness (QED) is 0.832. The molecule has 2 unspecified atom stereocenters. The topological polar surface area (TPSA) is 61.0 Å². The highest BCUT2D eigenvalue weighted by Gasteiger charge is 2.25. The molecule has 4 nitrogen and oxygen atoms in total. The normalized spacial score (nSPS) is 30.0. The van der Waals surface area contributed by atoms with Crippen molar-refractivity contribution in [3.8, 4) is 5.88 Å². The first-order valence-electron chi connectivity index (χ1n) is 5.88. The fraction of sp³-hybridized carbons (Fsp3) is 0.667. The smallest absolute Gasteiger partial charge is 0.223 e. The fourth-order valence-corrected chi connectivity index (χ4v) is 2.56. The lowest BCUT2D eigenvalue weighted by Gasteiger charge is -2.31. The van der Waals surface area contributed by atoms with Crippen LogP contribution in [0, 0.1) is 11.8 Å². The van der Waals surface area contributed by atoms with Crippen LogP contribution in [0.5, 0.6) is 5.88 Å². The third-order valence-corrected chi connectivity index (χ3v) is 3.07. The van der Waals surface area contributed by atoms with Gasteiger partial charge in [0.1, 0.15) is 6.10 Å². The van der Waals surface area contributed by atoms with Crippen molar-refractivity contribution in [2.45, 2.75) is 39.2 Å². The summed E-state index contributed by atoms with van der Waals surface area (Å²) >= 11 is 0. The van der Waals surface area contributed by atoms with Crippen LogP contribution in [0.2, 0.25) is 0 Å². The molecule has 0 spiro atoms. The van der Waals surface area contributed by atoms with Gasteiger partial charge in [-0.1, -0.05) is 13.8 Å². The summed E-state index contributed by atoms with van der Waals surface area (Å²) in [5, 5.41) is 0. The molecular weight excluding hydrogens is 202 g/mol. The minimum absolute atomic E-state index is 0.271. The number of hydrogen-bond acceptors (Lipinski definition) is 4. The monoisotopic (exact) mass is 221 g/mol. The van der Waals surface area contributed by atoms with Gasteiger partial charge in [-0.3, -0.25) is 0 Å². The molecule has 1 aliphatic carbocycles. The summed E-state index contributed by atoms with van der Waals surface area (Å²) in [6.45, 7) is 4.56. The second-order valence-electron chi connectivity index (χ2n) is 4.91. The summed E-state index contributed by atoms with van der Waals surface area (Å²) in [6.07, 6.45) is 5.41. The molecule has 1 aromatic rings. The summed E-state index contributed by atoms with van der Waals surface area (Å²) in [7, 11) is 0. The molecule has 1 heterocycles. The summed E-state index contributed by atoms with van der Waals surface area (Å²) in [6, 6.07) is 1.76. The summed E-state index contributed by atoms with van der Waals surface area (Å²) in [4.78, 5) is 7.91. The second-order valence-corrected chi connectivity index (χ2v) is 4.91. The summed E-state index contributed by atoms with van der Waals surface area (Å²) in [5.74, 6) is 2.33. The molecule has 88 valence electrons. The fourth-order valence-electron chi connectivity index (χ4n) is 2.56. The lowest BCUT2D eigenvalue weighted by Crippen LogP contribution is -2.28. The number of anilines is 1. The van der Waals surface area contributed by atoms with Crippen LogP contribution in [0.4, 0.5) is 5.95 Å². The summed E-state index contributed by atoms with van der Waals surface area (Å²) < 4.78 is 5.85. The van der Waals surface area contributed by atoms with Crippen LogP contribution in [0.25, 0.3) is 0 Å². The number of aromatic nitrogens is 2. The second kappa shape index (κ2) is 4.68. The Morgan fingerprint density at radius 3 is 2.56 bits per heavy atom. The Morgan fingerprint density at radius 1 is 1.25 bits per heavy atom. The lowest BCUT2D eigenvalue weighted by atomic mass is 9.82. The zero-order chi connectivity index (χ0) is 11.5. The predicted octanol–water partition coefficient (Wildman–Crippen LogP) is 2.26. The van der Waals surface area contributed by atoms with E-state index in [2.05, 4.69) is 23.8 Å². The van der Waals surface area contributed by atoms with Crippen molar-refractivity contribution in [3.63, 3.8) is 0 Å². The third kappa shape index (κ3) is 2.84. The van der Waals surface area contributed by atoms with Gasteiger partial charge in [-0.05, 0) is 31.1 Å². The SMILES string of the molecule is CC1CC(C)CC(Oc2ccnc(N)n2)C1. The van der Waals surface area contributed by atoms with E-state index < -0.39 is 0 Å². The molecule has 1 fully saturated rings. The molecule has 0 bridgehead atoms. The van der Waals surface area contributed by atoms with Gasteiger partial charge in [-0.15, -0.1) is 0 Å². The Balaban J connectivity index is 1.98. The van der Waals surface area contributed by atoms with E-state index in [4.69, 9.17) is 10.5 Å². The molecule has 0 saturated heterocycles. The average molecular weight is 221 g/mol. The summed E-state index contributed by atoms with van der Waals surface area (Å²) in [5.41, 5.74) is 5.52. The molecule has 16 heavy (non-hydrogen) atoms. The molecule has 2 atom stereocenters. The van der Waals surface area contributed by atoms with E-state index >= 15 is 0 Å². The van der Waals surface area contributed by atoms with E-state index in [1.54, 1.807) is 12.3 Å². The minimum Gasteiger partial charge on any atom is -0.474 e. The maximum atomic E-state index is 5.85. The van der Waals surface area contributed by atoms with Crippen LogP contribution in [0.15, 0.2) is 12.3 Å². The van der Waals surface area contributed by atoms with Crippen molar-refractivity contribution in [1.82, 2.24) is 9.97 Å². The van der Waals surface area contributed by atoms with E-state index in [1.807, 2.05) is 0 Å². The van der Waals surface area contributed by atoms with Gasteiger partial charge < -0.3 is 10.5 Å². The van der Waals surface area contributed by atoms with Crippen molar-refractivity contribution < 1.29 is 4.74 Å². The molecule has 0 aromatic carbocycles. The number of rotatable bonds is 2. The number of ether oxygens (including phenoxy) is 1. The van der Waals surface area contributed by atoms with Crippen molar-refractivity contribution in [2.75, 3.05) is 5.73 Å². The highest BCUT2D eigenvalue weighted by molar-refractivity contribution is 5.20. The van der Waals surface area contributed by atoms with Gasteiger partial charge in [-0.2, -0.15) is 4.98 Å². The van der Waals surface area contributed by atoms with Crippen molar-refractivity contribution in [3.05, 3.63) is 12.3 Å². The van der Waals surface area contributed by atoms with Crippen LogP contribution in [0.3, 0.4) is 0 Å². The molecule has 0 aliphatic heterocycles. The Bertz CT molecular complexity index is 346. The first-order valence-corrected chi connectivity index (χ1v) is 5.88. The lowest BCUT2D eigenvalue weighted by molar-refractivity contribution is 0.0967. The van der Waals surface area contributed by atoms with Gasteiger partial charge in [0.2, 0.25) is 11.8 Å². The zero-order valence-electron chi connectivity index (χ0n) is 9.89. The van der Waals surface area contributed by atoms with Gasteiger partial charge in [0.15, 0.2) is 0 Å². The number of nitrogen functional groups attached to an aromatic ring is 1. The molecule has 0 radical (unpaired) electrons. The van der Waals surface area contributed by atoms with Crippen molar-refractivity contribution in [2.24, 2.45) is 11.8 Å². The van der Waals surface area contributed by atoms with E-state index in [-0.39, 0.29) is 12.1 Å². The van der Waals surface area contributed by atoms with Gasteiger partial charge in [0, 0.05) is 12.3 Å². The van der Waals surface area contributed by atoms with E-state index in [0.717, 1.165) is 24.7 Å². The van der Waals surface area contributed by atoms with Gasteiger partial charge in [0.25, 0.3) is 0 Å². The third-order valence-electron chi connectivity index (χ3n) is 3.07. The predicted molar refractivity (Wildman–Crippen MR) is 63.0 cm³/mol. The molecule has 1 aliphatic rings. The van der Waals surface area contributed by atoms with E-state index in [1.165, 1.54) is 6.42 Å². The Hall–Kier alpha value is -1.32. The number of nitrogens with two attached hydrogens (primary N) is 1. The first kappa shape index (κ1) is 11.2. The maximum absolute atomic E-state index is 5.85. The van der Waals surface area contributed by atoms with E-state index in [9.17, 15) is 0 Å². The van der Waals surface area contributed by atoms with Crippen LogP contribution >= 0.6 is 0 Å². The molecule has 0 amide bonds. The zero-order valence-corrected chi connectivity index (χ0v) is 9.89. The van der Waals surface area contributed by atoms with Crippen molar-refractivity contribution in [1.29, 1.82) is 0 Å².